The Hall–Kier alpha value is -2.38. The summed E-state index contributed by atoms with van der Waals surface area (Å²) in [5.74, 6) is 0.268. The number of sulfonamides is 1. The summed E-state index contributed by atoms with van der Waals surface area (Å²) in [6.45, 7) is 1.20. The fourth-order valence-corrected chi connectivity index (χ4v) is 6.44. The molecule has 1 N–H and O–H groups in total. The third-order valence-electron chi connectivity index (χ3n) is 6.35. The van der Waals surface area contributed by atoms with E-state index in [4.69, 9.17) is 23.2 Å². The first-order chi connectivity index (χ1) is 16.8. The summed E-state index contributed by atoms with van der Waals surface area (Å²) in [5, 5.41) is 0.302. The van der Waals surface area contributed by atoms with Gasteiger partial charge in [-0.25, -0.2) is 8.42 Å². The number of nitrogens with one attached hydrogen (secondary N) is 1. The Morgan fingerprint density at radius 2 is 1.51 bits per heavy atom. The highest BCUT2D eigenvalue weighted by atomic mass is 35.5. The van der Waals surface area contributed by atoms with Crippen molar-refractivity contribution in [3.05, 3.63) is 100 Å². The number of piperidine rings is 1. The lowest BCUT2D eigenvalue weighted by Gasteiger charge is -2.34. The van der Waals surface area contributed by atoms with Crippen molar-refractivity contribution in [3.63, 3.8) is 0 Å². The Morgan fingerprint density at radius 1 is 0.914 bits per heavy atom. The van der Waals surface area contributed by atoms with Crippen LogP contribution in [0.5, 0.6) is 0 Å². The van der Waals surface area contributed by atoms with E-state index in [2.05, 4.69) is 16.9 Å². The van der Waals surface area contributed by atoms with E-state index in [9.17, 15) is 13.2 Å². The average molecular weight is 532 g/mol. The van der Waals surface area contributed by atoms with Crippen molar-refractivity contribution < 1.29 is 13.2 Å². The van der Waals surface area contributed by atoms with Crippen LogP contribution in [0.1, 0.15) is 24.0 Å². The molecule has 0 spiro atoms. The van der Waals surface area contributed by atoms with Gasteiger partial charge < -0.3 is 4.90 Å². The van der Waals surface area contributed by atoms with Crippen LogP contribution in [0.4, 0.5) is 0 Å². The monoisotopic (exact) mass is 530 g/mol. The molecular formula is C27H28Cl2N2O3S. The molecule has 0 radical (unpaired) electrons. The Kier molecular flexibility index (Phi) is 8.50. The molecular weight excluding hydrogens is 503 g/mol. The van der Waals surface area contributed by atoms with Crippen LogP contribution < -0.4 is 4.72 Å². The molecule has 1 heterocycles. The maximum atomic E-state index is 13.6. The van der Waals surface area contributed by atoms with Gasteiger partial charge in [0.15, 0.2) is 0 Å². The van der Waals surface area contributed by atoms with Gasteiger partial charge >= 0.3 is 0 Å². The summed E-state index contributed by atoms with van der Waals surface area (Å²) < 4.78 is 29.1. The lowest BCUT2D eigenvalue weighted by Crippen LogP contribution is -2.51. The fourth-order valence-electron chi connectivity index (χ4n) is 4.49. The third kappa shape index (κ3) is 6.85. The van der Waals surface area contributed by atoms with Crippen molar-refractivity contribution >= 4 is 39.1 Å². The summed E-state index contributed by atoms with van der Waals surface area (Å²) in [4.78, 5) is 15.2. The van der Waals surface area contributed by atoms with Gasteiger partial charge in [-0.05, 0) is 60.9 Å². The van der Waals surface area contributed by atoms with E-state index in [0.29, 0.717) is 19.0 Å². The van der Waals surface area contributed by atoms with Crippen molar-refractivity contribution in [2.75, 3.05) is 13.1 Å². The lowest BCUT2D eigenvalue weighted by molar-refractivity contribution is -0.134. The van der Waals surface area contributed by atoms with E-state index in [0.717, 1.165) is 24.8 Å². The van der Waals surface area contributed by atoms with Crippen LogP contribution in [0, 0.1) is 5.92 Å². The van der Waals surface area contributed by atoms with Gasteiger partial charge in [0.2, 0.25) is 15.9 Å². The Morgan fingerprint density at radius 3 is 2.14 bits per heavy atom. The standard InChI is InChI=1S/C27H28Cl2N2O3S/c28-23-11-12-24(29)26(19-23)35(33,34)30-25(18-21-9-5-2-6-10-21)27(32)31-15-13-22(14-16-31)17-20-7-3-1-4-8-20/h1-12,19,22,25,30H,13-18H2. The fraction of sp³-hybridized carbons (Fsp3) is 0.296. The number of halogens is 2. The molecule has 1 atom stereocenters. The zero-order valence-corrected chi connectivity index (χ0v) is 21.6. The van der Waals surface area contributed by atoms with Crippen LogP contribution in [0.25, 0.3) is 0 Å². The lowest BCUT2D eigenvalue weighted by atomic mass is 9.90. The summed E-state index contributed by atoms with van der Waals surface area (Å²) in [7, 11) is -4.08. The highest BCUT2D eigenvalue weighted by Gasteiger charge is 2.32. The molecule has 5 nitrogen and oxygen atoms in total. The van der Waals surface area contributed by atoms with Crippen molar-refractivity contribution in [3.8, 4) is 0 Å². The molecule has 1 unspecified atom stereocenters. The maximum absolute atomic E-state index is 13.6. The number of carbonyl (C=O) groups is 1. The quantitative estimate of drug-likeness (QED) is 0.426. The van der Waals surface area contributed by atoms with Crippen molar-refractivity contribution in [2.45, 2.75) is 36.6 Å². The zero-order chi connectivity index (χ0) is 24.8. The minimum atomic E-state index is -4.08. The molecule has 1 aliphatic heterocycles. The number of amides is 1. The van der Waals surface area contributed by atoms with Gasteiger partial charge in [-0.1, -0.05) is 83.9 Å². The predicted octanol–water partition coefficient (Wildman–Crippen LogP) is 5.36. The number of rotatable bonds is 8. The molecule has 3 aromatic rings. The molecule has 0 bridgehead atoms. The second-order valence-corrected chi connectivity index (χ2v) is 11.4. The summed E-state index contributed by atoms with van der Waals surface area (Å²) in [6, 6.07) is 23.0. The molecule has 1 amide bonds. The topological polar surface area (TPSA) is 66.5 Å². The van der Waals surface area contributed by atoms with Gasteiger partial charge in [0.1, 0.15) is 10.9 Å². The summed E-state index contributed by atoms with van der Waals surface area (Å²) in [6.07, 6.45) is 2.98. The Labute approximate surface area is 217 Å². The number of hydrogen-bond donors (Lipinski definition) is 1. The number of benzene rings is 3. The SMILES string of the molecule is O=C(C(Cc1ccccc1)NS(=O)(=O)c1cc(Cl)ccc1Cl)N1CCC(Cc2ccccc2)CC1. The molecule has 0 aliphatic carbocycles. The van der Waals surface area contributed by atoms with Crippen LogP contribution in [0.3, 0.4) is 0 Å². The molecule has 3 aromatic carbocycles. The molecule has 1 fully saturated rings. The third-order valence-corrected chi connectivity index (χ3v) is 8.54. The Bertz CT molecular complexity index is 1250. The molecule has 1 saturated heterocycles. The highest BCUT2D eigenvalue weighted by molar-refractivity contribution is 7.89. The van der Waals surface area contributed by atoms with Gasteiger partial charge in [-0.2, -0.15) is 4.72 Å². The molecule has 8 heteroatoms. The van der Waals surface area contributed by atoms with Gasteiger partial charge in [0.25, 0.3) is 0 Å². The minimum absolute atomic E-state index is 0.0505. The van der Waals surface area contributed by atoms with Crippen molar-refractivity contribution in [2.24, 2.45) is 5.92 Å². The van der Waals surface area contributed by atoms with Gasteiger partial charge in [0.05, 0.1) is 5.02 Å². The number of nitrogens with zero attached hydrogens (tertiary/aromatic N) is 1. The van der Waals surface area contributed by atoms with E-state index < -0.39 is 16.1 Å². The number of likely N-dealkylation sites (tertiary alicyclic amines) is 1. The van der Waals surface area contributed by atoms with Crippen LogP contribution in [0.15, 0.2) is 83.8 Å². The summed E-state index contributed by atoms with van der Waals surface area (Å²) in [5.41, 5.74) is 2.16. The van der Waals surface area contributed by atoms with Crippen LogP contribution in [-0.2, 0) is 27.7 Å². The van der Waals surface area contributed by atoms with Crippen LogP contribution in [-0.4, -0.2) is 38.4 Å². The van der Waals surface area contributed by atoms with Crippen molar-refractivity contribution in [1.82, 2.24) is 9.62 Å². The Balaban J connectivity index is 1.49. The normalized spacial score (nSPS) is 15.7. The maximum Gasteiger partial charge on any atom is 0.242 e. The predicted molar refractivity (Wildman–Crippen MR) is 140 cm³/mol. The van der Waals surface area contributed by atoms with E-state index in [-0.39, 0.29) is 27.3 Å². The second-order valence-electron chi connectivity index (χ2n) is 8.90. The number of carbonyl (C=O) groups excluding carboxylic acids is 1. The highest BCUT2D eigenvalue weighted by Crippen LogP contribution is 2.26. The zero-order valence-electron chi connectivity index (χ0n) is 19.2. The molecule has 1 aliphatic rings. The van der Waals surface area contributed by atoms with Crippen LogP contribution >= 0.6 is 23.2 Å². The van der Waals surface area contributed by atoms with Crippen LogP contribution in [0.2, 0.25) is 10.0 Å². The van der Waals surface area contributed by atoms with Crippen molar-refractivity contribution in [1.29, 1.82) is 0 Å². The largest absolute Gasteiger partial charge is 0.341 e. The summed E-state index contributed by atoms with van der Waals surface area (Å²) >= 11 is 12.2. The van der Waals surface area contributed by atoms with E-state index in [1.165, 1.54) is 23.8 Å². The number of hydrogen-bond acceptors (Lipinski definition) is 3. The van der Waals surface area contributed by atoms with E-state index in [1.54, 1.807) is 4.90 Å². The molecule has 0 aromatic heterocycles. The van der Waals surface area contributed by atoms with E-state index in [1.807, 2.05) is 48.5 Å². The first kappa shape index (κ1) is 25.7. The molecule has 4 rings (SSSR count). The van der Waals surface area contributed by atoms with Gasteiger partial charge in [0, 0.05) is 18.1 Å². The first-order valence-corrected chi connectivity index (χ1v) is 13.9. The molecule has 184 valence electrons. The second kappa shape index (κ2) is 11.6. The first-order valence-electron chi connectivity index (χ1n) is 11.7. The smallest absolute Gasteiger partial charge is 0.242 e. The average Bonchev–Trinajstić information content (AvgIpc) is 2.86. The van der Waals surface area contributed by atoms with E-state index >= 15 is 0 Å². The molecule has 35 heavy (non-hydrogen) atoms. The molecule has 0 saturated carbocycles. The van der Waals surface area contributed by atoms with Gasteiger partial charge in [-0.15, -0.1) is 0 Å². The minimum Gasteiger partial charge on any atom is -0.341 e. The van der Waals surface area contributed by atoms with Gasteiger partial charge in [-0.3, -0.25) is 4.79 Å².